The van der Waals surface area contributed by atoms with Crippen LogP contribution in [-0.2, 0) is 10.0 Å². The summed E-state index contributed by atoms with van der Waals surface area (Å²) in [5.41, 5.74) is 0.336. The summed E-state index contributed by atoms with van der Waals surface area (Å²) < 4.78 is 27.9. The topological polar surface area (TPSA) is 104 Å². The number of aryl methyl sites for hydroxylation is 1. The van der Waals surface area contributed by atoms with E-state index >= 15 is 0 Å². The molecule has 0 spiro atoms. The number of halogens is 1. The van der Waals surface area contributed by atoms with E-state index in [1.54, 1.807) is 6.92 Å². The van der Waals surface area contributed by atoms with Crippen LogP contribution in [0.3, 0.4) is 0 Å². The fourth-order valence-electron chi connectivity index (χ4n) is 2.25. The van der Waals surface area contributed by atoms with Crippen LogP contribution in [0.4, 0.5) is 5.69 Å². The zero-order valence-electron chi connectivity index (χ0n) is 14.3. The Labute approximate surface area is 156 Å². The summed E-state index contributed by atoms with van der Waals surface area (Å²) in [6, 6.07) is 8.01. The van der Waals surface area contributed by atoms with E-state index in [0.717, 1.165) is 6.07 Å². The molecule has 0 aromatic heterocycles. The van der Waals surface area contributed by atoms with Crippen LogP contribution in [0.2, 0.25) is 5.02 Å². The number of hydrogen-bond donors (Lipinski definition) is 2. The molecule has 2 aromatic carbocycles. The molecule has 0 saturated heterocycles. The number of anilines is 1. The molecular weight excluding hydrogens is 380 g/mol. The first-order chi connectivity index (χ1) is 12.0. The van der Waals surface area contributed by atoms with Crippen molar-refractivity contribution in [3.8, 4) is 0 Å². The second kappa shape index (κ2) is 7.35. The molecule has 138 valence electrons. The van der Waals surface area contributed by atoms with Gasteiger partial charge in [0.1, 0.15) is 0 Å². The number of carboxylic acid groups (broad SMARTS) is 1. The number of carbonyl (C=O) groups excluding carboxylic acids is 1. The minimum atomic E-state index is -4.14. The molecule has 0 radical (unpaired) electrons. The number of nitrogens with zero attached hydrogens (tertiary/aromatic N) is 1. The highest BCUT2D eigenvalue weighted by Gasteiger charge is 2.22. The number of aromatic carboxylic acids is 1. The van der Waals surface area contributed by atoms with Gasteiger partial charge in [0, 0.05) is 19.1 Å². The predicted octanol–water partition coefficient (Wildman–Crippen LogP) is 2.85. The third-order valence-electron chi connectivity index (χ3n) is 3.59. The summed E-state index contributed by atoms with van der Waals surface area (Å²) in [6.07, 6.45) is 0. The molecule has 7 nitrogen and oxygen atoms in total. The second-order valence-corrected chi connectivity index (χ2v) is 7.87. The average molecular weight is 397 g/mol. The summed E-state index contributed by atoms with van der Waals surface area (Å²) >= 11 is 5.94. The monoisotopic (exact) mass is 396 g/mol. The van der Waals surface area contributed by atoms with E-state index in [1.165, 1.54) is 49.3 Å². The summed E-state index contributed by atoms with van der Waals surface area (Å²) in [6.45, 7) is 1.55. The van der Waals surface area contributed by atoms with E-state index in [0.29, 0.717) is 5.56 Å². The van der Waals surface area contributed by atoms with E-state index in [-0.39, 0.29) is 26.7 Å². The highest BCUT2D eigenvalue weighted by molar-refractivity contribution is 7.92. The van der Waals surface area contributed by atoms with Crippen molar-refractivity contribution in [1.29, 1.82) is 0 Å². The standard InChI is InChI=1S/C17H17ClN2O5S/c1-10-4-5-11(17(22)23)8-15(10)26(24,25)19-14-9-12(18)6-7-13(14)16(21)20(2)3/h4-9,19H,1-3H3,(H,22,23). The van der Waals surface area contributed by atoms with Crippen molar-refractivity contribution in [3.05, 3.63) is 58.1 Å². The van der Waals surface area contributed by atoms with Crippen LogP contribution in [0, 0.1) is 6.92 Å². The lowest BCUT2D eigenvalue weighted by Crippen LogP contribution is -2.24. The number of rotatable bonds is 5. The lowest BCUT2D eigenvalue weighted by Gasteiger charge is -2.17. The molecule has 0 bridgehead atoms. The molecule has 1 amide bonds. The van der Waals surface area contributed by atoms with Gasteiger partial charge in [-0.1, -0.05) is 17.7 Å². The van der Waals surface area contributed by atoms with Crippen LogP contribution in [0.1, 0.15) is 26.3 Å². The molecule has 0 fully saturated rings. The number of benzene rings is 2. The average Bonchev–Trinajstić information content (AvgIpc) is 2.53. The van der Waals surface area contributed by atoms with Crippen LogP contribution >= 0.6 is 11.6 Å². The quantitative estimate of drug-likeness (QED) is 0.808. The van der Waals surface area contributed by atoms with Gasteiger partial charge in [-0.15, -0.1) is 0 Å². The van der Waals surface area contributed by atoms with Gasteiger partial charge in [0.15, 0.2) is 0 Å². The van der Waals surface area contributed by atoms with Crippen molar-refractivity contribution in [2.45, 2.75) is 11.8 Å². The highest BCUT2D eigenvalue weighted by Crippen LogP contribution is 2.26. The third kappa shape index (κ3) is 4.14. The maximum atomic E-state index is 12.8. The molecule has 9 heteroatoms. The summed E-state index contributed by atoms with van der Waals surface area (Å²) in [5, 5.41) is 9.33. The molecular formula is C17H17ClN2O5S. The Balaban J connectivity index is 2.54. The Kier molecular flexibility index (Phi) is 5.58. The minimum absolute atomic E-state index is 0.0105. The maximum Gasteiger partial charge on any atom is 0.335 e. The lowest BCUT2D eigenvalue weighted by molar-refractivity contribution is 0.0696. The smallest absolute Gasteiger partial charge is 0.335 e. The van der Waals surface area contributed by atoms with E-state index in [9.17, 15) is 18.0 Å². The first kappa shape index (κ1) is 19.7. The molecule has 2 rings (SSSR count). The van der Waals surface area contributed by atoms with Gasteiger partial charge in [0.2, 0.25) is 0 Å². The van der Waals surface area contributed by atoms with Crippen molar-refractivity contribution in [2.24, 2.45) is 0 Å². The Hall–Kier alpha value is -2.58. The van der Waals surface area contributed by atoms with Crippen LogP contribution < -0.4 is 4.72 Å². The Morgan fingerprint density at radius 3 is 2.35 bits per heavy atom. The van der Waals surface area contributed by atoms with Gasteiger partial charge in [0.05, 0.1) is 21.7 Å². The van der Waals surface area contributed by atoms with Crippen molar-refractivity contribution >= 4 is 39.2 Å². The first-order valence-electron chi connectivity index (χ1n) is 7.41. The predicted molar refractivity (Wildman–Crippen MR) is 98.4 cm³/mol. The van der Waals surface area contributed by atoms with E-state index < -0.39 is 21.9 Å². The third-order valence-corrected chi connectivity index (χ3v) is 5.33. The van der Waals surface area contributed by atoms with Gasteiger partial charge >= 0.3 is 5.97 Å². The number of carbonyl (C=O) groups is 2. The van der Waals surface area contributed by atoms with Crippen molar-refractivity contribution in [2.75, 3.05) is 18.8 Å². The fraction of sp³-hybridized carbons (Fsp3) is 0.176. The van der Waals surface area contributed by atoms with Gasteiger partial charge in [-0.3, -0.25) is 9.52 Å². The minimum Gasteiger partial charge on any atom is -0.478 e. The number of nitrogens with one attached hydrogen (secondary N) is 1. The zero-order valence-corrected chi connectivity index (χ0v) is 15.9. The lowest BCUT2D eigenvalue weighted by atomic mass is 10.1. The molecule has 26 heavy (non-hydrogen) atoms. The molecule has 0 atom stereocenters. The van der Waals surface area contributed by atoms with Gasteiger partial charge in [0.25, 0.3) is 15.9 Å². The van der Waals surface area contributed by atoms with E-state index in [1.807, 2.05) is 0 Å². The van der Waals surface area contributed by atoms with Crippen LogP contribution in [0.25, 0.3) is 0 Å². The number of sulfonamides is 1. The molecule has 0 unspecified atom stereocenters. The summed E-state index contributed by atoms with van der Waals surface area (Å²) in [7, 11) is -1.07. The van der Waals surface area contributed by atoms with Gasteiger partial charge < -0.3 is 10.0 Å². The largest absolute Gasteiger partial charge is 0.478 e. The molecule has 0 saturated carbocycles. The van der Waals surface area contributed by atoms with Crippen molar-refractivity contribution in [3.63, 3.8) is 0 Å². The second-order valence-electron chi connectivity index (χ2n) is 5.78. The van der Waals surface area contributed by atoms with Gasteiger partial charge in [-0.05, 0) is 42.8 Å². The van der Waals surface area contributed by atoms with E-state index in [4.69, 9.17) is 16.7 Å². The Morgan fingerprint density at radius 1 is 1.12 bits per heavy atom. The zero-order chi connectivity index (χ0) is 19.6. The Morgan fingerprint density at radius 2 is 1.77 bits per heavy atom. The first-order valence-corrected chi connectivity index (χ1v) is 9.27. The van der Waals surface area contributed by atoms with Crippen LogP contribution in [-0.4, -0.2) is 44.4 Å². The molecule has 0 heterocycles. The van der Waals surface area contributed by atoms with Gasteiger partial charge in [-0.25, -0.2) is 13.2 Å². The van der Waals surface area contributed by atoms with Crippen LogP contribution in [0.5, 0.6) is 0 Å². The van der Waals surface area contributed by atoms with Gasteiger partial charge in [-0.2, -0.15) is 0 Å². The molecule has 2 N–H and O–H groups in total. The number of carboxylic acids is 1. The molecule has 0 aliphatic rings. The van der Waals surface area contributed by atoms with Crippen LogP contribution in [0.15, 0.2) is 41.3 Å². The SMILES string of the molecule is Cc1ccc(C(=O)O)cc1S(=O)(=O)Nc1cc(Cl)ccc1C(=O)N(C)C. The van der Waals surface area contributed by atoms with Crippen molar-refractivity contribution < 1.29 is 23.1 Å². The van der Waals surface area contributed by atoms with E-state index in [2.05, 4.69) is 4.72 Å². The molecule has 0 aliphatic heterocycles. The normalized spacial score (nSPS) is 11.1. The summed E-state index contributed by atoms with van der Waals surface area (Å²) in [4.78, 5) is 24.5. The maximum absolute atomic E-state index is 12.8. The molecule has 0 aliphatic carbocycles. The summed E-state index contributed by atoms with van der Waals surface area (Å²) in [5.74, 6) is -1.65. The van der Waals surface area contributed by atoms with Crippen molar-refractivity contribution in [1.82, 2.24) is 4.90 Å². The number of amides is 1. The Bertz CT molecular complexity index is 987. The number of hydrogen-bond acceptors (Lipinski definition) is 4. The molecule has 2 aromatic rings. The highest BCUT2D eigenvalue weighted by atomic mass is 35.5. The fourth-order valence-corrected chi connectivity index (χ4v) is 3.77.